The third-order valence-electron chi connectivity index (χ3n) is 1.87. The molecule has 0 spiro atoms. The average molecular weight is 189 g/mol. The summed E-state index contributed by atoms with van der Waals surface area (Å²) in [5.74, 6) is 0.708. The van der Waals surface area contributed by atoms with Crippen LogP contribution in [0.2, 0.25) is 0 Å². The van der Waals surface area contributed by atoms with Crippen LogP contribution in [-0.4, -0.2) is 12.4 Å². The molecule has 0 amide bonds. The second-order valence-electron chi connectivity index (χ2n) is 2.80. The summed E-state index contributed by atoms with van der Waals surface area (Å²) in [6.07, 6.45) is 3.29. The molecule has 1 aliphatic carbocycles. The number of rotatable bonds is 2. The lowest BCUT2D eigenvalue weighted by molar-refractivity contribution is -0.115. The van der Waals surface area contributed by atoms with Gasteiger partial charge < -0.3 is 4.74 Å². The van der Waals surface area contributed by atoms with E-state index in [1.165, 1.54) is 0 Å². The van der Waals surface area contributed by atoms with E-state index in [9.17, 15) is 4.79 Å². The molecule has 0 radical (unpaired) electrons. The van der Waals surface area contributed by atoms with Gasteiger partial charge in [0, 0.05) is 12.8 Å². The highest BCUT2D eigenvalue weighted by Crippen LogP contribution is 2.24. The van der Waals surface area contributed by atoms with Gasteiger partial charge in [-0.15, -0.1) is 0 Å². The van der Waals surface area contributed by atoms with E-state index in [2.05, 4.69) is 0 Å². The van der Waals surface area contributed by atoms with Gasteiger partial charge in [0.15, 0.2) is 5.78 Å². The first kappa shape index (κ1) is 9.59. The molecule has 0 unspecified atom stereocenters. The van der Waals surface area contributed by atoms with Gasteiger partial charge in [0.2, 0.25) is 0 Å². The van der Waals surface area contributed by atoms with Gasteiger partial charge in [-0.05, 0) is 19.8 Å². The third kappa shape index (κ3) is 2.24. The number of hydrogen-bond donors (Lipinski definition) is 0. The Morgan fingerprint density at radius 2 is 2.08 bits per heavy atom. The Bertz CT molecular complexity index is 209. The first-order chi connectivity index (χ1) is 5.75. The molecular formula is C9H13ClO2. The molecule has 0 heterocycles. The van der Waals surface area contributed by atoms with Crippen molar-refractivity contribution < 1.29 is 9.53 Å². The minimum absolute atomic E-state index is 0.0256. The van der Waals surface area contributed by atoms with Gasteiger partial charge in [0.1, 0.15) is 10.8 Å². The maximum atomic E-state index is 11.2. The van der Waals surface area contributed by atoms with E-state index in [0.717, 1.165) is 19.3 Å². The summed E-state index contributed by atoms with van der Waals surface area (Å²) >= 11 is 5.82. The molecule has 0 aromatic carbocycles. The van der Waals surface area contributed by atoms with Gasteiger partial charge in [-0.3, -0.25) is 4.79 Å². The van der Waals surface area contributed by atoms with Crippen LogP contribution in [0.5, 0.6) is 0 Å². The summed E-state index contributed by atoms with van der Waals surface area (Å²) in [6, 6.07) is 0. The highest BCUT2D eigenvalue weighted by molar-refractivity contribution is 6.42. The van der Waals surface area contributed by atoms with Gasteiger partial charge in [-0.2, -0.15) is 0 Å². The molecule has 68 valence electrons. The maximum absolute atomic E-state index is 11.2. The highest BCUT2D eigenvalue weighted by Gasteiger charge is 2.17. The zero-order chi connectivity index (χ0) is 8.97. The quantitative estimate of drug-likeness (QED) is 0.666. The van der Waals surface area contributed by atoms with Gasteiger partial charge in [-0.25, -0.2) is 0 Å². The predicted molar refractivity (Wildman–Crippen MR) is 48.0 cm³/mol. The fourth-order valence-corrected chi connectivity index (χ4v) is 1.50. The Labute approximate surface area is 77.5 Å². The molecule has 1 rings (SSSR count). The number of allylic oxidation sites excluding steroid dienone is 2. The molecule has 0 fully saturated rings. The van der Waals surface area contributed by atoms with Crippen molar-refractivity contribution in [3.63, 3.8) is 0 Å². The van der Waals surface area contributed by atoms with E-state index in [1.54, 1.807) is 0 Å². The Kier molecular flexibility index (Phi) is 3.60. The smallest absolute Gasteiger partial charge is 0.177 e. The lowest BCUT2D eigenvalue weighted by atomic mass is 10.2. The molecule has 0 bridgehead atoms. The zero-order valence-electron chi connectivity index (χ0n) is 7.23. The summed E-state index contributed by atoms with van der Waals surface area (Å²) in [5.41, 5.74) is 0. The Morgan fingerprint density at radius 3 is 2.75 bits per heavy atom. The van der Waals surface area contributed by atoms with Crippen LogP contribution in [0.3, 0.4) is 0 Å². The van der Waals surface area contributed by atoms with Crippen LogP contribution in [0.15, 0.2) is 10.8 Å². The SMILES string of the molecule is CCOC1=C(Cl)C(=O)CCCC1. The van der Waals surface area contributed by atoms with E-state index in [0.29, 0.717) is 23.8 Å². The lowest BCUT2D eigenvalue weighted by Gasteiger charge is -2.06. The van der Waals surface area contributed by atoms with E-state index < -0.39 is 0 Å². The van der Waals surface area contributed by atoms with Crippen LogP contribution in [0.25, 0.3) is 0 Å². The van der Waals surface area contributed by atoms with Crippen molar-refractivity contribution in [2.45, 2.75) is 32.6 Å². The molecule has 3 heteroatoms. The van der Waals surface area contributed by atoms with Crippen LogP contribution in [0.1, 0.15) is 32.6 Å². The molecule has 0 aliphatic heterocycles. The van der Waals surface area contributed by atoms with Crippen LogP contribution < -0.4 is 0 Å². The number of ether oxygens (including phenoxy) is 1. The van der Waals surface area contributed by atoms with Crippen molar-refractivity contribution in [2.75, 3.05) is 6.61 Å². The fraction of sp³-hybridized carbons (Fsp3) is 0.667. The number of carbonyl (C=O) groups excluding carboxylic acids is 1. The molecule has 12 heavy (non-hydrogen) atoms. The van der Waals surface area contributed by atoms with Gasteiger partial charge in [0.25, 0.3) is 0 Å². The molecule has 0 saturated carbocycles. The molecule has 0 atom stereocenters. The standard InChI is InChI=1S/C9H13ClO2/c1-2-12-8-6-4-3-5-7(11)9(8)10/h2-6H2,1H3. The van der Waals surface area contributed by atoms with Crippen molar-refractivity contribution in [1.29, 1.82) is 0 Å². The van der Waals surface area contributed by atoms with E-state index in [1.807, 2.05) is 6.92 Å². The van der Waals surface area contributed by atoms with Crippen LogP contribution in [0.4, 0.5) is 0 Å². The van der Waals surface area contributed by atoms with Gasteiger partial charge in [0.05, 0.1) is 6.61 Å². The van der Waals surface area contributed by atoms with Crippen molar-refractivity contribution in [1.82, 2.24) is 0 Å². The molecule has 0 aromatic heterocycles. The first-order valence-corrected chi connectivity index (χ1v) is 4.68. The Balaban J connectivity index is 2.74. The molecule has 0 N–H and O–H groups in total. The van der Waals surface area contributed by atoms with Crippen LogP contribution in [-0.2, 0) is 9.53 Å². The van der Waals surface area contributed by atoms with E-state index in [-0.39, 0.29) is 5.78 Å². The lowest BCUT2D eigenvalue weighted by Crippen LogP contribution is -2.00. The largest absolute Gasteiger partial charge is 0.497 e. The number of ketones is 1. The van der Waals surface area contributed by atoms with Crippen molar-refractivity contribution >= 4 is 17.4 Å². The normalized spacial score (nSPS) is 19.3. The number of carbonyl (C=O) groups is 1. The molecule has 0 aromatic rings. The van der Waals surface area contributed by atoms with Gasteiger partial charge in [-0.1, -0.05) is 11.6 Å². The summed E-state index contributed by atoms with van der Waals surface area (Å²) in [6.45, 7) is 2.48. The van der Waals surface area contributed by atoms with Crippen molar-refractivity contribution in [3.8, 4) is 0 Å². The Morgan fingerprint density at radius 1 is 1.42 bits per heavy atom. The third-order valence-corrected chi connectivity index (χ3v) is 2.29. The highest BCUT2D eigenvalue weighted by atomic mass is 35.5. The van der Waals surface area contributed by atoms with Gasteiger partial charge >= 0.3 is 0 Å². The summed E-state index contributed by atoms with van der Waals surface area (Å²) in [7, 11) is 0. The summed E-state index contributed by atoms with van der Waals surface area (Å²) in [5, 5.41) is 0.314. The number of hydrogen-bond acceptors (Lipinski definition) is 2. The van der Waals surface area contributed by atoms with Crippen LogP contribution >= 0.6 is 11.6 Å². The maximum Gasteiger partial charge on any atom is 0.177 e. The number of Topliss-reactive ketones (excluding diaryl/α,β-unsaturated/α-hetero) is 1. The molecule has 1 aliphatic rings. The van der Waals surface area contributed by atoms with E-state index in [4.69, 9.17) is 16.3 Å². The molecule has 2 nitrogen and oxygen atoms in total. The fourth-order valence-electron chi connectivity index (χ4n) is 1.26. The van der Waals surface area contributed by atoms with Crippen LogP contribution in [0, 0.1) is 0 Å². The predicted octanol–water partition coefficient (Wildman–Crippen LogP) is 2.62. The second kappa shape index (κ2) is 4.51. The summed E-state index contributed by atoms with van der Waals surface area (Å²) in [4.78, 5) is 11.2. The van der Waals surface area contributed by atoms with Crippen molar-refractivity contribution in [2.24, 2.45) is 0 Å². The minimum Gasteiger partial charge on any atom is -0.497 e. The monoisotopic (exact) mass is 188 g/mol. The topological polar surface area (TPSA) is 26.3 Å². The summed E-state index contributed by atoms with van der Waals surface area (Å²) < 4.78 is 5.27. The minimum atomic E-state index is 0.0256. The van der Waals surface area contributed by atoms with Crippen molar-refractivity contribution in [3.05, 3.63) is 10.8 Å². The molecular weight excluding hydrogens is 176 g/mol. The zero-order valence-corrected chi connectivity index (χ0v) is 7.99. The second-order valence-corrected chi connectivity index (χ2v) is 3.18. The molecule has 0 saturated heterocycles. The average Bonchev–Trinajstić information content (AvgIpc) is 2.20. The Hall–Kier alpha value is -0.500. The first-order valence-electron chi connectivity index (χ1n) is 4.30. The van der Waals surface area contributed by atoms with E-state index >= 15 is 0 Å². The number of halogens is 1.